The maximum atomic E-state index is 5.45. The second-order valence-corrected chi connectivity index (χ2v) is 2.32. The Morgan fingerprint density at radius 3 is 3.20 bits per heavy atom. The maximum absolute atomic E-state index is 5.45. The molecule has 0 aliphatic heterocycles. The summed E-state index contributed by atoms with van der Waals surface area (Å²) in [7, 11) is 0. The SMILES string of the molecule is ClCCNCc1cnc[nH]1. The third kappa shape index (κ3) is 2.37. The van der Waals surface area contributed by atoms with Crippen molar-refractivity contribution in [2.24, 2.45) is 0 Å². The monoisotopic (exact) mass is 159 g/mol. The minimum atomic E-state index is 0.647. The van der Waals surface area contributed by atoms with Gasteiger partial charge in [-0.3, -0.25) is 0 Å². The van der Waals surface area contributed by atoms with Crippen molar-refractivity contribution in [2.45, 2.75) is 6.54 Å². The third-order valence-electron chi connectivity index (χ3n) is 1.14. The fourth-order valence-corrected chi connectivity index (χ4v) is 0.805. The number of rotatable bonds is 4. The molecule has 1 aromatic rings. The zero-order valence-electron chi connectivity index (χ0n) is 5.60. The molecule has 4 heteroatoms. The zero-order valence-corrected chi connectivity index (χ0v) is 6.36. The number of nitrogens with one attached hydrogen (secondary N) is 2. The molecule has 0 fully saturated rings. The van der Waals surface area contributed by atoms with Crippen molar-refractivity contribution in [3.05, 3.63) is 18.2 Å². The van der Waals surface area contributed by atoms with E-state index in [1.54, 1.807) is 12.5 Å². The van der Waals surface area contributed by atoms with Crippen LogP contribution in [-0.4, -0.2) is 22.4 Å². The lowest BCUT2D eigenvalue weighted by molar-refractivity contribution is 0.717. The van der Waals surface area contributed by atoms with Crippen LogP contribution in [-0.2, 0) is 6.54 Å². The molecule has 0 radical (unpaired) electrons. The summed E-state index contributed by atoms with van der Waals surface area (Å²) < 4.78 is 0. The lowest BCUT2D eigenvalue weighted by Gasteiger charge is -1.97. The molecule has 2 N–H and O–H groups in total. The first-order valence-electron chi connectivity index (χ1n) is 3.17. The third-order valence-corrected chi connectivity index (χ3v) is 1.33. The van der Waals surface area contributed by atoms with Gasteiger partial charge in [-0.15, -0.1) is 11.6 Å². The zero-order chi connectivity index (χ0) is 7.23. The van der Waals surface area contributed by atoms with Crippen LogP contribution >= 0.6 is 11.6 Å². The number of imidazole rings is 1. The van der Waals surface area contributed by atoms with Crippen molar-refractivity contribution >= 4 is 11.6 Å². The Kier molecular flexibility index (Phi) is 3.26. The number of aromatic nitrogens is 2. The molecule has 0 aromatic carbocycles. The van der Waals surface area contributed by atoms with Crippen LogP contribution in [0.3, 0.4) is 0 Å². The molecule has 0 spiro atoms. The molecule has 0 aliphatic carbocycles. The lowest BCUT2D eigenvalue weighted by atomic mass is 10.5. The number of hydrogen-bond donors (Lipinski definition) is 2. The van der Waals surface area contributed by atoms with E-state index < -0.39 is 0 Å². The predicted molar refractivity (Wildman–Crippen MR) is 41.0 cm³/mol. The second kappa shape index (κ2) is 4.30. The summed E-state index contributed by atoms with van der Waals surface area (Å²) in [6.45, 7) is 1.65. The minimum Gasteiger partial charge on any atom is -0.347 e. The standard InChI is InChI=1S/C6H10ClN3/c7-1-2-8-3-6-4-9-5-10-6/h4-5,8H,1-3H2,(H,9,10). The molecular formula is C6H10ClN3. The molecule has 1 aromatic heterocycles. The van der Waals surface area contributed by atoms with E-state index in [1.165, 1.54) is 0 Å². The van der Waals surface area contributed by atoms with E-state index in [4.69, 9.17) is 11.6 Å². The molecule has 1 heterocycles. The lowest BCUT2D eigenvalue weighted by Crippen LogP contribution is -2.15. The summed E-state index contributed by atoms with van der Waals surface area (Å²) in [6.07, 6.45) is 3.46. The normalized spacial score (nSPS) is 10.1. The van der Waals surface area contributed by atoms with Crippen LogP contribution in [0, 0.1) is 0 Å². The van der Waals surface area contributed by atoms with E-state index in [1.807, 2.05) is 0 Å². The first-order chi connectivity index (χ1) is 4.93. The second-order valence-electron chi connectivity index (χ2n) is 1.94. The average molecular weight is 160 g/mol. The topological polar surface area (TPSA) is 40.7 Å². The van der Waals surface area contributed by atoms with Gasteiger partial charge in [-0.05, 0) is 0 Å². The first-order valence-corrected chi connectivity index (χ1v) is 3.71. The Labute approximate surface area is 64.8 Å². The van der Waals surface area contributed by atoms with Gasteiger partial charge in [0.25, 0.3) is 0 Å². The molecule has 1 rings (SSSR count). The van der Waals surface area contributed by atoms with Gasteiger partial charge in [-0.1, -0.05) is 0 Å². The summed E-state index contributed by atoms with van der Waals surface area (Å²) >= 11 is 5.45. The summed E-state index contributed by atoms with van der Waals surface area (Å²) in [5, 5.41) is 3.13. The fourth-order valence-electron chi connectivity index (χ4n) is 0.671. The number of H-pyrrole nitrogens is 1. The van der Waals surface area contributed by atoms with Crippen LogP contribution in [0.1, 0.15) is 5.69 Å². The quantitative estimate of drug-likeness (QED) is 0.503. The first kappa shape index (κ1) is 7.57. The van der Waals surface area contributed by atoms with E-state index in [2.05, 4.69) is 15.3 Å². The predicted octanol–water partition coefficient (Wildman–Crippen LogP) is 0.738. The Morgan fingerprint density at radius 1 is 1.70 bits per heavy atom. The van der Waals surface area contributed by atoms with Crippen LogP contribution < -0.4 is 5.32 Å². The van der Waals surface area contributed by atoms with Crippen molar-refractivity contribution in [1.29, 1.82) is 0 Å². The average Bonchev–Trinajstić information content (AvgIpc) is 2.41. The summed E-state index contributed by atoms with van der Waals surface area (Å²) in [6, 6.07) is 0. The Morgan fingerprint density at radius 2 is 2.60 bits per heavy atom. The number of aromatic amines is 1. The van der Waals surface area contributed by atoms with Crippen LogP contribution in [0.4, 0.5) is 0 Å². The van der Waals surface area contributed by atoms with Crippen molar-refractivity contribution in [3.8, 4) is 0 Å². The van der Waals surface area contributed by atoms with Gasteiger partial charge in [0.15, 0.2) is 0 Å². The molecule has 0 aliphatic rings. The van der Waals surface area contributed by atoms with Gasteiger partial charge in [0.05, 0.1) is 6.33 Å². The Bertz CT molecular complexity index is 162. The molecule has 0 bridgehead atoms. The molecule has 0 amide bonds. The van der Waals surface area contributed by atoms with Crippen LogP contribution in [0.2, 0.25) is 0 Å². The van der Waals surface area contributed by atoms with Crippen LogP contribution in [0.15, 0.2) is 12.5 Å². The molecule has 56 valence electrons. The number of nitrogens with zero attached hydrogens (tertiary/aromatic N) is 1. The highest BCUT2D eigenvalue weighted by atomic mass is 35.5. The molecule has 0 atom stereocenters. The summed E-state index contributed by atoms with van der Waals surface area (Å²) in [5.41, 5.74) is 1.09. The number of alkyl halides is 1. The molecule has 0 unspecified atom stereocenters. The number of halogens is 1. The van der Waals surface area contributed by atoms with Gasteiger partial charge >= 0.3 is 0 Å². The van der Waals surface area contributed by atoms with Gasteiger partial charge in [0.2, 0.25) is 0 Å². The van der Waals surface area contributed by atoms with Crippen molar-refractivity contribution < 1.29 is 0 Å². The van der Waals surface area contributed by atoms with Crippen molar-refractivity contribution in [3.63, 3.8) is 0 Å². The van der Waals surface area contributed by atoms with E-state index in [-0.39, 0.29) is 0 Å². The fraction of sp³-hybridized carbons (Fsp3) is 0.500. The van der Waals surface area contributed by atoms with Crippen LogP contribution in [0.5, 0.6) is 0 Å². The smallest absolute Gasteiger partial charge is 0.0922 e. The largest absolute Gasteiger partial charge is 0.347 e. The maximum Gasteiger partial charge on any atom is 0.0922 e. The minimum absolute atomic E-state index is 0.647. The Hall–Kier alpha value is -0.540. The van der Waals surface area contributed by atoms with E-state index in [0.717, 1.165) is 18.8 Å². The van der Waals surface area contributed by atoms with Gasteiger partial charge in [0.1, 0.15) is 0 Å². The van der Waals surface area contributed by atoms with Gasteiger partial charge < -0.3 is 10.3 Å². The van der Waals surface area contributed by atoms with Crippen molar-refractivity contribution in [1.82, 2.24) is 15.3 Å². The van der Waals surface area contributed by atoms with Crippen molar-refractivity contribution in [2.75, 3.05) is 12.4 Å². The van der Waals surface area contributed by atoms with E-state index in [9.17, 15) is 0 Å². The highest BCUT2D eigenvalue weighted by Gasteiger charge is 1.89. The van der Waals surface area contributed by atoms with E-state index in [0.29, 0.717) is 5.88 Å². The van der Waals surface area contributed by atoms with Gasteiger partial charge in [-0.2, -0.15) is 0 Å². The van der Waals surface area contributed by atoms with Crippen LogP contribution in [0.25, 0.3) is 0 Å². The van der Waals surface area contributed by atoms with Gasteiger partial charge in [-0.25, -0.2) is 4.98 Å². The van der Waals surface area contributed by atoms with E-state index >= 15 is 0 Å². The Balaban J connectivity index is 2.15. The molecule has 3 nitrogen and oxygen atoms in total. The molecule has 0 saturated heterocycles. The number of hydrogen-bond acceptors (Lipinski definition) is 2. The summed E-state index contributed by atoms with van der Waals surface area (Å²) in [5.74, 6) is 0.647. The summed E-state index contributed by atoms with van der Waals surface area (Å²) in [4.78, 5) is 6.85. The molecule has 0 saturated carbocycles. The molecular weight excluding hydrogens is 150 g/mol. The highest BCUT2D eigenvalue weighted by molar-refractivity contribution is 6.18. The molecule has 10 heavy (non-hydrogen) atoms. The highest BCUT2D eigenvalue weighted by Crippen LogP contribution is 1.88. The van der Waals surface area contributed by atoms with Gasteiger partial charge in [0, 0.05) is 30.9 Å².